The lowest BCUT2D eigenvalue weighted by molar-refractivity contribution is 1.20. The Hall–Kier alpha value is -4.02. The van der Waals surface area contributed by atoms with Crippen molar-refractivity contribution < 1.29 is 0 Å². The molecular weight excluding hydrogens is 320 g/mol. The zero-order valence-electron chi connectivity index (χ0n) is 13.7. The van der Waals surface area contributed by atoms with E-state index in [1.165, 1.54) is 0 Å². The van der Waals surface area contributed by atoms with Crippen LogP contribution in [0.2, 0.25) is 0 Å². The van der Waals surface area contributed by atoms with Crippen LogP contribution in [0.5, 0.6) is 0 Å². The number of aromatic nitrogens is 2. The second-order valence-corrected chi connectivity index (χ2v) is 5.76. The van der Waals surface area contributed by atoms with Gasteiger partial charge >= 0.3 is 0 Å². The Morgan fingerprint density at radius 2 is 0.962 bits per heavy atom. The number of hydrogen-bond donors (Lipinski definition) is 0. The van der Waals surface area contributed by atoms with Crippen LogP contribution < -0.4 is 0 Å². The molecule has 0 spiro atoms. The third kappa shape index (κ3) is 2.66. The quantitative estimate of drug-likeness (QED) is 0.533. The molecule has 0 N–H and O–H groups in total. The van der Waals surface area contributed by atoms with Crippen molar-refractivity contribution in [3.8, 4) is 34.4 Å². The molecule has 0 saturated heterocycles. The normalized spacial score (nSPS) is 10.2. The van der Waals surface area contributed by atoms with E-state index in [2.05, 4.69) is 9.97 Å². The van der Waals surface area contributed by atoms with Crippen LogP contribution in [0.4, 0.5) is 0 Å². The zero-order valence-corrected chi connectivity index (χ0v) is 13.7. The lowest BCUT2D eigenvalue weighted by atomic mass is 9.93. The molecule has 120 valence electrons. The maximum Gasteiger partial charge on any atom is 0.177 e. The Balaban J connectivity index is 2.07. The molecule has 0 aliphatic heterocycles. The van der Waals surface area contributed by atoms with Crippen molar-refractivity contribution >= 4 is 11.0 Å². The van der Waals surface area contributed by atoms with E-state index < -0.39 is 0 Å². The minimum atomic E-state index is 0.0477. The number of nitriles is 2. The van der Waals surface area contributed by atoms with Gasteiger partial charge in [-0.15, -0.1) is 0 Å². The average molecular weight is 332 g/mol. The van der Waals surface area contributed by atoms with Gasteiger partial charge in [0.15, 0.2) is 11.4 Å². The molecule has 0 aliphatic rings. The fourth-order valence-electron chi connectivity index (χ4n) is 2.97. The number of fused-ring (bicyclic) bond motifs is 1. The topological polar surface area (TPSA) is 73.4 Å². The molecule has 0 bridgehead atoms. The van der Waals surface area contributed by atoms with Crippen LogP contribution >= 0.6 is 0 Å². The van der Waals surface area contributed by atoms with Crippen molar-refractivity contribution in [2.75, 3.05) is 0 Å². The first-order valence-electron chi connectivity index (χ1n) is 8.07. The van der Waals surface area contributed by atoms with Crippen molar-refractivity contribution in [1.29, 1.82) is 10.5 Å². The first-order valence-corrected chi connectivity index (χ1v) is 8.07. The van der Waals surface area contributed by atoms with E-state index in [1.54, 1.807) is 0 Å². The van der Waals surface area contributed by atoms with Crippen LogP contribution in [0.1, 0.15) is 11.4 Å². The highest BCUT2D eigenvalue weighted by molar-refractivity contribution is 5.93. The van der Waals surface area contributed by atoms with Crippen LogP contribution in [0.25, 0.3) is 33.3 Å². The predicted octanol–water partition coefficient (Wildman–Crippen LogP) is 4.71. The molecule has 3 aromatic carbocycles. The first kappa shape index (κ1) is 15.5. The molecule has 4 heteroatoms. The molecular formula is C22H12N4. The molecule has 0 fully saturated rings. The molecule has 0 atom stereocenters. The molecule has 4 rings (SSSR count). The molecule has 4 nitrogen and oxygen atoms in total. The number of rotatable bonds is 2. The van der Waals surface area contributed by atoms with Gasteiger partial charge in [-0.3, -0.25) is 0 Å². The summed E-state index contributed by atoms with van der Waals surface area (Å²) >= 11 is 0. The Kier molecular flexibility index (Phi) is 3.86. The van der Waals surface area contributed by atoms with Gasteiger partial charge in [0, 0.05) is 0 Å². The van der Waals surface area contributed by atoms with Crippen molar-refractivity contribution in [1.82, 2.24) is 9.97 Å². The van der Waals surface area contributed by atoms with E-state index in [9.17, 15) is 10.5 Å². The SMILES string of the molecule is N#Cc1nc2cc(-c3ccccc3)c(-c3ccccc3)cc2nc1C#N. The van der Waals surface area contributed by atoms with Crippen molar-refractivity contribution in [3.63, 3.8) is 0 Å². The first-order chi connectivity index (χ1) is 12.8. The second-order valence-electron chi connectivity index (χ2n) is 5.76. The van der Waals surface area contributed by atoms with E-state index >= 15 is 0 Å². The highest BCUT2D eigenvalue weighted by atomic mass is 14.8. The number of hydrogen-bond acceptors (Lipinski definition) is 4. The van der Waals surface area contributed by atoms with Gasteiger partial charge in [-0.05, 0) is 34.4 Å². The second kappa shape index (κ2) is 6.47. The van der Waals surface area contributed by atoms with E-state index in [0.29, 0.717) is 11.0 Å². The van der Waals surface area contributed by atoms with Gasteiger partial charge in [-0.25, -0.2) is 9.97 Å². The molecule has 0 amide bonds. The van der Waals surface area contributed by atoms with Crippen LogP contribution in [0.15, 0.2) is 72.8 Å². The lowest BCUT2D eigenvalue weighted by Crippen LogP contribution is -1.97. The predicted molar refractivity (Wildman–Crippen MR) is 99.8 cm³/mol. The highest BCUT2D eigenvalue weighted by Crippen LogP contribution is 2.34. The third-order valence-corrected chi connectivity index (χ3v) is 4.18. The van der Waals surface area contributed by atoms with Crippen molar-refractivity contribution in [2.24, 2.45) is 0 Å². The van der Waals surface area contributed by atoms with Gasteiger partial charge in [-0.1, -0.05) is 60.7 Å². The smallest absolute Gasteiger partial charge is 0.177 e. The van der Waals surface area contributed by atoms with Gasteiger partial charge in [0.05, 0.1) is 11.0 Å². The van der Waals surface area contributed by atoms with E-state index in [1.807, 2.05) is 84.9 Å². The summed E-state index contributed by atoms with van der Waals surface area (Å²) in [4.78, 5) is 8.68. The van der Waals surface area contributed by atoms with Gasteiger partial charge in [0.25, 0.3) is 0 Å². The molecule has 0 saturated carbocycles. The van der Waals surface area contributed by atoms with E-state index in [4.69, 9.17) is 0 Å². The fraction of sp³-hybridized carbons (Fsp3) is 0. The summed E-state index contributed by atoms with van der Waals surface area (Å²) < 4.78 is 0. The summed E-state index contributed by atoms with van der Waals surface area (Å²) in [7, 11) is 0. The Bertz CT molecular complexity index is 1090. The molecule has 0 unspecified atom stereocenters. The minimum Gasteiger partial charge on any atom is -0.232 e. The summed E-state index contributed by atoms with van der Waals surface area (Å²) in [6.45, 7) is 0. The molecule has 0 aliphatic carbocycles. The third-order valence-electron chi connectivity index (χ3n) is 4.18. The Morgan fingerprint density at radius 3 is 1.31 bits per heavy atom. The summed E-state index contributed by atoms with van der Waals surface area (Å²) in [6.07, 6.45) is 0. The fourth-order valence-corrected chi connectivity index (χ4v) is 2.97. The zero-order chi connectivity index (χ0) is 17.9. The summed E-state index contributed by atoms with van der Waals surface area (Å²) in [5.74, 6) is 0. The molecule has 26 heavy (non-hydrogen) atoms. The maximum atomic E-state index is 9.22. The summed E-state index contributed by atoms with van der Waals surface area (Å²) in [6, 6.07) is 27.8. The molecule has 1 aromatic heterocycles. The van der Waals surface area contributed by atoms with Crippen LogP contribution in [-0.4, -0.2) is 9.97 Å². The van der Waals surface area contributed by atoms with Gasteiger partial charge in [0.2, 0.25) is 0 Å². The average Bonchev–Trinajstić information content (AvgIpc) is 2.73. The molecule has 0 radical (unpaired) electrons. The van der Waals surface area contributed by atoms with E-state index in [-0.39, 0.29) is 11.4 Å². The standard InChI is InChI=1S/C22H12N4/c23-13-21-22(14-24)26-20-12-18(16-9-5-2-6-10-16)17(11-19(20)25-21)15-7-3-1-4-8-15/h1-12H. The van der Waals surface area contributed by atoms with Gasteiger partial charge in [-0.2, -0.15) is 10.5 Å². The number of benzene rings is 3. The van der Waals surface area contributed by atoms with Gasteiger partial charge in [0.1, 0.15) is 12.1 Å². The van der Waals surface area contributed by atoms with Crippen LogP contribution in [0.3, 0.4) is 0 Å². The summed E-state index contributed by atoms with van der Waals surface area (Å²) in [5, 5.41) is 18.4. The Labute approximate surface area is 150 Å². The monoisotopic (exact) mass is 332 g/mol. The van der Waals surface area contributed by atoms with Gasteiger partial charge < -0.3 is 0 Å². The molecule has 4 aromatic rings. The highest BCUT2D eigenvalue weighted by Gasteiger charge is 2.14. The number of nitrogens with zero attached hydrogens (tertiary/aromatic N) is 4. The van der Waals surface area contributed by atoms with Crippen molar-refractivity contribution in [3.05, 3.63) is 84.2 Å². The van der Waals surface area contributed by atoms with Crippen LogP contribution in [0, 0.1) is 22.7 Å². The van der Waals surface area contributed by atoms with E-state index in [0.717, 1.165) is 22.3 Å². The minimum absolute atomic E-state index is 0.0477. The Morgan fingerprint density at radius 1 is 0.577 bits per heavy atom. The largest absolute Gasteiger partial charge is 0.232 e. The van der Waals surface area contributed by atoms with Crippen LogP contribution in [-0.2, 0) is 0 Å². The molecule has 1 heterocycles. The maximum absolute atomic E-state index is 9.22. The summed E-state index contributed by atoms with van der Waals surface area (Å²) in [5.41, 5.74) is 5.41. The lowest BCUT2D eigenvalue weighted by Gasteiger charge is -2.12. The van der Waals surface area contributed by atoms with Crippen molar-refractivity contribution in [2.45, 2.75) is 0 Å².